The van der Waals surface area contributed by atoms with Crippen molar-refractivity contribution in [1.82, 2.24) is 4.98 Å². The van der Waals surface area contributed by atoms with Gasteiger partial charge in [0, 0.05) is 12.6 Å². The topological polar surface area (TPSA) is 71.1 Å². The number of sulfone groups is 1. The molecule has 0 amide bonds. The lowest BCUT2D eigenvalue weighted by Crippen LogP contribution is -2.32. The van der Waals surface area contributed by atoms with Gasteiger partial charge < -0.3 is 10.6 Å². The molecule has 1 saturated heterocycles. The zero-order valence-corrected chi connectivity index (χ0v) is 11.3. The number of nitrogens with one attached hydrogen (secondary N) is 2. The zero-order chi connectivity index (χ0) is 13.0. The van der Waals surface area contributed by atoms with Crippen molar-refractivity contribution in [3.8, 4) is 0 Å². The number of pyridine rings is 1. The second-order valence-electron chi connectivity index (χ2n) is 4.56. The lowest BCUT2D eigenvalue weighted by Gasteiger charge is -2.24. The van der Waals surface area contributed by atoms with E-state index in [1.54, 1.807) is 12.4 Å². The van der Waals surface area contributed by atoms with E-state index in [1.165, 1.54) is 0 Å². The maximum atomic E-state index is 11.3. The van der Waals surface area contributed by atoms with Crippen molar-refractivity contribution in [3.05, 3.63) is 18.5 Å². The fourth-order valence-corrected chi connectivity index (χ4v) is 3.58. The molecule has 2 N–H and O–H groups in total. The summed E-state index contributed by atoms with van der Waals surface area (Å²) in [4.78, 5) is 4.15. The second-order valence-corrected chi connectivity index (χ2v) is 6.87. The Hall–Kier alpha value is -1.30. The number of anilines is 2. The summed E-state index contributed by atoms with van der Waals surface area (Å²) in [5, 5.41) is 6.55. The highest BCUT2D eigenvalue weighted by molar-refractivity contribution is 7.91. The highest BCUT2D eigenvalue weighted by Gasteiger charge is 2.23. The monoisotopic (exact) mass is 269 g/mol. The maximum Gasteiger partial charge on any atom is 0.150 e. The number of nitrogens with zero attached hydrogens (tertiary/aromatic N) is 1. The van der Waals surface area contributed by atoms with Crippen LogP contribution in [0.4, 0.5) is 11.4 Å². The average Bonchev–Trinajstić information content (AvgIpc) is 2.33. The molecule has 0 spiro atoms. The van der Waals surface area contributed by atoms with Crippen molar-refractivity contribution in [3.63, 3.8) is 0 Å². The Morgan fingerprint density at radius 2 is 1.94 bits per heavy atom. The first-order valence-electron chi connectivity index (χ1n) is 6.25. The second kappa shape index (κ2) is 5.56. The summed E-state index contributed by atoms with van der Waals surface area (Å²) in [5.41, 5.74) is 1.92. The molecule has 0 radical (unpaired) electrons. The van der Waals surface area contributed by atoms with Gasteiger partial charge in [-0.05, 0) is 25.8 Å². The third-order valence-electron chi connectivity index (χ3n) is 3.04. The third-order valence-corrected chi connectivity index (χ3v) is 4.76. The van der Waals surface area contributed by atoms with Gasteiger partial charge in [-0.3, -0.25) is 4.98 Å². The van der Waals surface area contributed by atoms with Gasteiger partial charge in [-0.25, -0.2) is 8.42 Å². The molecule has 100 valence electrons. The van der Waals surface area contributed by atoms with Crippen molar-refractivity contribution < 1.29 is 8.42 Å². The standard InChI is InChI=1S/C12H19N3O2S/c1-2-14-11-7-12(9-13-8-11)15-10-3-5-18(16,17)6-4-10/h7-10,14-15H,2-6H2,1H3. The molecule has 0 bridgehead atoms. The zero-order valence-electron chi connectivity index (χ0n) is 10.5. The molecule has 0 aliphatic carbocycles. The van der Waals surface area contributed by atoms with Crippen LogP contribution >= 0.6 is 0 Å². The molecule has 0 aromatic carbocycles. The Morgan fingerprint density at radius 1 is 1.28 bits per heavy atom. The average molecular weight is 269 g/mol. The molecule has 5 nitrogen and oxygen atoms in total. The summed E-state index contributed by atoms with van der Waals surface area (Å²) in [7, 11) is -2.79. The minimum atomic E-state index is -2.79. The van der Waals surface area contributed by atoms with E-state index in [9.17, 15) is 8.42 Å². The quantitative estimate of drug-likeness (QED) is 0.867. The molecule has 2 heterocycles. The summed E-state index contributed by atoms with van der Waals surface area (Å²) in [6.45, 7) is 2.89. The fourth-order valence-electron chi connectivity index (χ4n) is 2.09. The summed E-state index contributed by atoms with van der Waals surface area (Å²) in [6.07, 6.45) is 4.89. The van der Waals surface area contributed by atoms with Gasteiger partial charge in [0.25, 0.3) is 0 Å². The van der Waals surface area contributed by atoms with Gasteiger partial charge in [-0.15, -0.1) is 0 Å². The van der Waals surface area contributed by atoms with Crippen molar-refractivity contribution >= 4 is 21.2 Å². The molecule has 0 saturated carbocycles. The van der Waals surface area contributed by atoms with E-state index in [-0.39, 0.29) is 17.5 Å². The Morgan fingerprint density at radius 3 is 2.61 bits per heavy atom. The Kier molecular flexibility index (Phi) is 4.06. The first-order valence-corrected chi connectivity index (χ1v) is 8.07. The molecule has 0 unspecified atom stereocenters. The van der Waals surface area contributed by atoms with Crippen LogP contribution in [-0.2, 0) is 9.84 Å². The lowest BCUT2D eigenvalue weighted by atomic mass is 10.1. The van der Waals surface area contributed by atoms with Crippen LogP contribution in [0.15, 0.2) is 18.5 Å². The van der Waals surface area contributed by atoms with Gasteiger partial charge >= 0.3 is 0 Å². The van der Waals surface area contributed by atoms with Crippen molar-refractivity contribution in [1.29, 1.82) is 0 Å². The van der Waals surface area contributed by atoms with Gasteiger partial charge in [-0.1, -0.05) is 0 Å². The Balaban J connectivity index is 1.95. The van der Waals surface area contributed by atoms with E-state index < -0.39 is 9.84 Å². The number of rotatable bonds is 4. The lowest BCUT2D eigenvalue weighted by molar-refractivity contribution is 0.559. The van der Waals surface area contributed by atoms with Crippen molar-refractivity contribution in [2.24, 2.45) is 0 Å². The molecule has 1 aromatic heterocycles. The molecular weight excluding hydrogens is 250 g/mol. The number of hydrogen-bond acceptors (Lipinski definition) is 5. The van der Waals surface area contributed by atoms with Crippen molar-refractivity contribution in [2.75, 3.05) is 28.7 Å². The largest absolute Gasteiger partial charge is 0.384 e. The maximum absolute atomic E-state index is 11.3. The van der Waals surface area contributed by atoms with Crippen LogP contribution in [0.3, 0.4) is 0 Å². The highest BCUT2D eigenvalue weighted by atomic mass is 32.2. The summed E-state index contributed by atoms with van der Waals surface area (Å²) in [6, 6.07) is 2.23. The van der Waals surface area contributed by atoms with Crippen LogP contribution in [0.2, 0.25) is 0 Å². The van der Waals surface area contributed by atoms with E-state index in [0.717, 1.165) is 17.9 Å². The third kappa shape index (κ3) is 3.60. The predicted molar refractivity (Wildman–Crippen MR) is 73.7 cm³/mol. The van der Waals surface area contributed by atoms with Crippen LogP contribution in [0.25, 0.3) is 0 Å². The smallest absolute Gasteiger partial charge is 0.150 e. The van der Waals surface area contributed by atoms with Gasteiger partial charge in [-0.2, -0.15) is 0 Å². The summed E-state index contributed by atoms with van der Waals surface area (Å²) >= 11 is 0. The van der Waals surface area contributed by atoms with Crippen LogP contribution in [-0.4, -0.2) is 37.5 Å². The van der Waals surface area contributed by atoms with Gasteiger partial charge in [0.05, 0.1) is 35.3 Å². The molecule has 1 aliphatic rings. The molecule has 6 heteroatoms. The number of aromatic nitrogens is 1. The molecule has 18 heavy (non-hydrogen) atoms. The first-order chi connectivity index (χ1) is 8.59. The normalized spacial score (nSPS) is 19.4. The predicted octanol–water partition coefficient (Wildman–Crippen LogP) is 1.50. The van der Waals surface area contributed by atoms with Gasteiger partial charge in [0.2, 0.25) is 0 Å². The Labute approximate surface area is 108 Å². The minimum absolute atomic E-state index is 0.229. The Bertz CT molecular complexity index is 488. The van der Waals surface area contributed by atoms with E-state index in [1.807, 2.05) is 13.0 Å². The van der Waals surface area contributed by atoms with Crippen LogP contribution in [0.1, 0.15) is 19.8 Å². The molecule has 0 atom stereocenters. The summed E-state index contributed by atoms with van der Waals surface area (Å²) < 4.78 is 22.7. The van der Waals surface area contributed by atoms with Crippen LogP contribution < -0.4 is 10.6 Å². The molecule has 1 aliphatic heterocycles. The summed E-state index contributed by atoms with van der Waals surface area (Å²) in [5.74, 6) is 0.565. The van der Waals surface area contributed by atoms with E-state index >= 15 is 0 Å². The molecule has 1 aromatic rings. The van der Waals surface area contributed by atoms with E-state index in [2.05, 4.69) is 15.6 Å². The SMILES string of the molecule is CCNc1cncc(NC2CCS(=O)(=O)CC2)c1. The minimum Gasteiger partial charge on any atom is -0.384 e. The fraction of sp³-hybridized carbons (Fsp3) is 0.583. The van der Waals surface area contributed by atoms with Gasteiger partial charge in [0.15, 0.2) is 0 Å². The number of hydrogen-bond donors (Lipinski definition) is 2. The van der Waals surface area contributed by atoms with Crippen LogP contribution in [0, 0.1) is 0 Å². The van der Waals surface area contributed by atoms with E-state index in [4.69, 9.17) is 0 Å². The van der Waals surface area contributed by atoms with Gasteiger partial charge in [0.1, 0.15) is 9.84 Å². The molecular formula is C12H19N3O2S. The van der Waals surface area contributed by atoms with Crippen LogP contribution in [0.5, 0.6) is 0 Å². The first kappa shape index (κ1) is 13.1. The molecule has 1 fully saturated rings. The molecule has 2 rings (SSSR count). The highest BCUT2D eigenvalue weighted by Crippen LogP contribution is 2.19. The van der Waals surface area contributed by atoms with Crippen molar-refractivity contribution in [2.45, 2.75) is 25.8 Å². The van der Waals surface area contributed by atoms with E-state index in [0.29, 0.717) is 12.8 Å².